The molecule has 1 aromatic rings. The summed E-state index contributed by atoms with van der Waals surface area (Å²) in [6, 6.07) is 3.76. The molecule has 3 nitrogen and oxygen atoms in total. The number of hydrogen-bond donors (Lipinski definition) is 2. The molecule has 0 unspecified atom stereocenters. The molecule has 88 valence electrons. The normalized spacial score (nSPS) is 10.6. The fourth-order valence-corrected chi connectivity index (χ4v) is 1.61. The Hall–Kier alpha value is -1.16. The Morgan fingerprint density at radius 2 is 2.12 bits per heavy atom. The van der Waals surface area contributed by atoms with Gasteiger partial charge in [0.15, 0.2) is 6.61 Å². The van der Waals surface area contributed by atoms with E-state index < -0.39 is 5.97 Å². The summed E-state index contributed by atoms with van der Waals surface area (Å²) >= 11 is 4.35. The topological polar surface area (TPSA) is 46.5 Å². The number of carboxylic acids is 1. The number of carbonyl (C=O) groups is 1. The molecule has 0 spiro atoms. The van der Waals surface area contributed by atoms with E-state index in [9.17, 15) is 4.79 Å². The third-order valence-electron chi connectivity index (χ3n) is 2.30. The van der Waals surface area contributed by atoms with Crippen molar-refractivity contribution in [1.29, 1.82) is 0 Å². The molecule has 0 atom stereocenters. The minimum atomic E-state index is -0.970. The van der Waals surface area contributed by atoms with E-state index in [1.54, 1.807) is 0 Å². The summed E-state index contributed by atoms with van der Waals surface area (Å²) in [5.41, 5.74) is 1.96. The van der Waals surface area contributed by atoms with Crippen LogP contribution in [0.1, 0.15) is 30.9 Å². The first-order valence-electron chi connectivity index (χ1n) is 5.10. The van der Waals surface area contributed by atoms with Gasteiger partial charge in [-0.2, -0.15) is 0 Å². The number of hydrogen-bond acceptors (Lipinski definition) is 3. The SMILES string of the molecule is Cc1cc(OCC(=O)O)c(C(C)C)cc1S. The summed E-state index contributed by atoms with van der Waals surface area (Å²) in [5.74, 6) is -0.0645. The van der Waals surface area contributed by atoms with Crippen LogP contribution < -0.4 is 4.74 Å². The predicted octanol–water partition coefficient (Wildman–Crippen LogP) is 2.87. The van der Waals surface area contributed by atoms with Gasteiger partial charge >= 0.3 is 5.97 Å². The summed E-state index contributed by atoms with van der Waals surface area (Å²) in [6.45, 7) is 5.67. The van der Waals surface area contributed by atoms with Crippen LogP contribution in [0.25, 0.3) is 0 Å². The molecule has 0 aliphatic heterocycles. The van der Waals surface area contributed by atoms with Crippen molar-refractivity contribution in [1.82, 2.24) is 0 Å². The van der Waals surface area contributed by atoms with Gasteiger partial charge in [0.1, 0.15) is 5.75 Å². The van der Waals surface area contributed by atoms with Crippen LogP contribution in [0, 0.1) is 6.92 Å². The zero-order valence-electron chi connectivity index (χ0n) is 9.65. The van der Waals surface area contributed by atoms with E-state index in [4.69, 9.17) is 9.84 Å². The van der Waals surface area contributed by atoms with Gasteiger partial charge in [-0.15, -0.1) is 12.6 Å². The Bertz CT molecular complexity index is 399. The summed E-state index contributed by atoms with van der Waals surface area (Å²) in [6.07, 6.45) is 0. The maximum Gasteiger partial charge on any atom is 0.341 e. The number of rotatable bonds is 4. The number of thiol groups is 1. The Labute approximate surface area is 101 Å². The average Bonchev–Trinajstić information content (AvgIpc) is 2.18. The summed E-state index contributed by atoms with van der Waals surface area (Å²) in [7, 11) is 0. The highest BCUT2D eigenvalue weighted by molar-refractivity contribution is 7.80. The van der Waals surface area contributed by atoms with Gasteiger partial charge in [-0.05, 0) is 36.1 Å². The van der Waals surface area contributed by atoms with E-state index in [1.165, 1.54) is 0 Å². The van der Waals surface area contributed by atoms with E-state index in [1.807, 2.05) is 32.9 Å². The second kappa shape index (κ2) is 5.25. The lowest BCUT2D eigenvalue weighted by molar-refractivity contribution is -0.139. The Kier molecular flexibility index (Phi) is 4.24. The maximum atomic E-state index is 10.5. The first kappa shape index (κ1) is 12.9. The first-order valence-corrected chi connectivity index (χ1v) is 5.54. The Morgan fingerprint density at radius 1 is 1.50 bits per heavy atom. The van der Waals surface area contributed by atoms with Gasteiger partial charge in [0.25, 0.3) is 0 Å². The Morgan fingerprint density at radius 3 is 2.62 bits per heavy atom. The number of ether oxygens (including phenoxy) is 1. The van der Waals surface area contributed by atoms with Crippen molar-refractivity contribution >= 4 is 18.6 Å². The number of benzene rings is 1. The van der Waals surface area contributed by atoms with Gasteiger partial charge in [0.05, 0.1) is 0 Å². The van der Waals surface area contributed by atoms with Crippen LogP contribution in [-0.4, -0.2) is 17.7 Å². The van der Waals surface area contributed by atoms with Crippen molar-refractivity contribution in [3.8, 4) is 5.75 Å². The van der Waals surface area contributed by atoms with Crippen molar-refractivity contribution < 1.29 is 14.6 Å². The summed E-state index contributed by atoms with van der Waals surface area (Å²) < 4.78 is 5.26. The largest absolute Gasteiger partial charge is 0.482 e. The highest BCUT2D eigenvalue weighted by atomic mass is 32.1. The molecule has 1 rings (SSSR count). The van der Waals surface area contributed by atoms with Gasteiger partial charge < -0.3 is 9.84 Å². The van der Waals surface area contributed by atoms with E-state index >= 15 is 0 Å². The van der Waals surface area contributed by atoms with E-state index in [2.05, 4.69) is 12.6 Å². The van der Waals surface area contributed by atoms with Crippen LogP contribution in [0.3, 0.4) is 0 Å². The van der Waals surface area contributed by atoms with Crippen molar-refractivity contribution in [2.24, 2.45) is 0 Å². The van der Waals surface area contributed by atoms with Crippen LogP contribution in [0.5, 0.6) is 5.75 Å². The minimum absolute atomic E-state index is 0.273. The lowest BCUT2D eigenvalue weighted by Gasteiger charge is -2.15. The molecule has 0 amide bonds. The van der Waals surface area contributed by atoms with Crippen LogP contribution in [0.2, 0.25) is 0 Å². The average molecular weight is 240 g/mol. The zero-order chi connectivity index (χ0) is 12.3. The minimum Gasteiger partial charge on any atom is -0.482 e. The van der Waals surface area contributed by atoms with Crippen molar-refractivity contribution in [3.63, 3.8) is 0 Å². The molecule has 1 N–H and O–H groups in total. The Balaban J connectivity index is 3.04. The molecule has 1 aromatic carbocycles. The maximum absolute atomic E-state index is 10.5. The van der Waals surface area contributed by atoms with Gasteiger partial charge in [0, 0.05) is 4.90 Å². The van der Waals surface area contributed by atoms with Crippen molar-refractivity contribution in [3.05, 3.63) is 23.3 Å². The summed E-state index contributed by atoms with van der Waals surface area (Å²) in [4.78, 5) is 11.4. The van der Waals surface area contributed by atoms with E-state index in [0.717, 1.165) is 16.0 Å². The van der Waals surface area contributed by atoms with Gasteiger partial charge in [-0.1, -0.05) is 13.8 Å². The third-order valence-corrected chi connectivity index (χ3v) is 2.78. The molecular weight excluding hydrogens is 224 g/mol. The van der Waals surface area contributed by atoms with Crippen molar-refractivity contribution in [2.75, 3.05) is 6.61 Å². The molecule has 0 aromatic heterocycles. The molecule has 16 heavy (non-hydrogen) atoms. The van der Waals surface area contributed by atoms with E-state index in [-0.39, 0.29) is 12.5 Å². The first-order chi connectivity index (χ1) is 7.41. The fraction of sp³-hybridized carbons (Fsp3) is 0.417. The second-order valence-electron chi connectivity index (χ2n) is 4.01. The molecule has 4 heteroatoms. The summed E-state index contributed by atoms with van der Waals surface area (Å²) in [5, 5.41) is 8.59. The number of aryl methyl sites for hydroxylation is 1. The molecule has 0 saturated heterocycles. The van der Waals surface area contributed by atoms with Crippen LogP contribution in [-0.2, 0) is 4.79 Å². The van der Waals surface area contributed by atoms with Crippen molar-refractivity contribution in [2.45, 2.75) is 31.6 Å². The standard InChI is InChI=1S/C12H16O3S/c1-7(2)9-5-11(16)8(3)4-10(9)15-6-12(13)14/h4-5,7,16H,6H2,1-3H3,(H,13,14). The molecule has 0 bridgehead atoms. The quantitative estimate of drug-likeness (QED) is 0.795. The second-order valence-corrected chi connectivity index (χ2v) is 4.50. The molecule has 0 heterocycles. The van der Waals surface area contributed by atoms with Crippen LogP contribution >= 0.6 is 12.6 Å². The van der Waals surface area contributed by atoms with Gasteiger partial charge in [-0.3, -0.25) is 0 Å². The van der Waals surface area contributed by atoms with E-state index in [0.29, 0.717) is 5.75 Å². The predicted molar refractivity (Wildman–Crippen MR) is 65.7 cm³/mol. The molecular formula is C12H16O3S. The molecule has 0 fully saturated rings. The fourth-order valence-electron chi connectivity index (χ4n) is 1.40. The highest BCUT2D eigenvalue weighted by Gasteiger charge is 2.11. The molecule has 0 radical (unpaired) electrons. The van der Waals surface area contributed by atoms with Crippen LogP contribution in [0.4, 0.5) is 0 Å². The lowest BCUT2D eigenvalue weighted by atomic mass is 10.0. The monoisotopic (exact) mass is 240 g/mol. The van der Waals surface area contributed by atoms with Crippen LogP contribution in [0.15, 0.2) is 17.0 Å². The van der Waals surface area contributed by atoms with Gasteiger partial charge in [-0.25, -0.2) is 4.79 Å². The molecule has 0 saturated carbocycles. The van der Waals surface area contributed by atoms with Gasteiger partial charge in [0.2, 0.25) is 0 Å². The number of carboxylic acid groups (broad SMARTS) is 1. The molecule has 0 aliphatic rings. The third kappa shape index (κ3) is 3.17. The smallest absolute Gasteiger partial charge is 0.341 e. The lowest BCUT2D eigenvalue weighted by Crippen LogP contribution is -2.11. The number of aliphatic carboxylic acids is 1. The molecule has 0 aliphatic carbocycles. The zero-order valence-corrected chi connectivity index (χ0v) is 10.5. The highest BCUT2D eigenvalue weighted by Crippen LogP contribution is 2.31.